The minimum atomic E-state index is 0.981. The Morgan fingerprint density at radius 1 is 1.15 bits per heavy atom. The van der Waals surface area contributed by atoms with Gasteiger partial charge in [-0.15, -0.1) is 0 Å². The zero-order valence-corrected chi connectivity index (χ0v) is 7.72. The van der Waals surface area contributed by atoms with Gasteiger partial charge in [0.15, 0.2) is 0 Å². The standard InChI is InChI=1S/C13H13/c1-2-4-11(5-3-1)13-9-10-6-7-12(13)8-10/h2-5,10H,6-9H2. The molecule has 0 amide bonds. The molecule has 0 heterocycles. The third kappa shape index (κ3) is 1.13. The van der Waals surface area contributed by atoms with Gasteiger partial charge in [0.2, 0.25) is 0 Å². The highest BCUT2D eigenvalue weighted by molar-refractivity contribution is 5.72. The number of allylic oxidation sites excluding steroid dienone is 2. The van der Waals surface area contributed by atoms with E-state index in [-0.39, 0.29) is 0 Å². The molecule has 2 bridgehead atoms. The summed E-state index contributed by atoms with van der Waals surface area (Å²) < 4.78 is 0. The predicted molar refractivity (Wildman–Crippen MR) is 54.2 cm³/mol. The van der Waals surface area contributed by atoms with Gasteiger partial charge in [0.25, 0.3) is 0 Å². The van der Waals surface area contributed by atoms with Crippen molar-refractivity contribution in [3.8, 4) is 0 Å². The number of rotatable bonds is 1. The molecular weight excluding hydrogens is 156 g/mol. The Morgan fingerprint density at radius 2 is 2.00 bits per heavy atom. The molecule has 0 saturated heterocycles. The fourth-order valence-corrected chi connectivity index (χ4v) is 2.72. The molecule has 1 atom stereocenters. The summed E-state index contributed by atoms with van der Waals surface area (Å²) in [6.07, 6.45) is 5.52. The molecule has 65 valence electrons. The van der Waals surface area contributed by atoms with Gasteiger partial charge in [0, 0.05) is 0 Å². The molecule has 0 heteroatoms. The molecule has 1 saturated carbocycles. The first kappa shape index (κ1) is 7.37. The van der Waals surface area contributed by atoms with Gasteiger partial charge in [-0.2, -0.15) is 0 Å². The summed E-state index contributed by atoms with van der Waals surface area (Å²) in [4.78, 5) is 0. The molecule has 1 unspecified atom stereocenters. The molecular formula is C13H13. The van der Waals surface area contributed by atoms with Crippen molar-refractivity contribution in [1.82, 2.24) is 0 Å². The second kappa shape index (κ2) is 2.73. The fourth-order valence-electron chi connectivity index (χ4n) is 2.72. The Labute approximate surface area is 79.3 Å². The number of fused-ring (bicyclic) bond motifs is 2. The SMILES string of the molecule is [c]1ccc(C2=C3CCC(C3)C2)cc1. The molecule has 2 aliphatic carbocycles. The Bertz CT molecular complexity index is 346. The van der Waals surface area contributed by atoms with Crippen LogP contribution in [0.25, 0.3) is 5.57 Å². The first-order valence-corrected chi connectivity index (χ1v) is 5.11. The van der Waals surface area contributed by atoms with Crippen molar-refractivity contribution in [2.24, 2.45) is 5.92 Å². The maximum Gasteiger partial charge on any atom is -0.0184 e. The Kier molecular flexibility index (Phi) is 1.55. The minimum Gasteiger partial charge on any atom is -0.0661 e. The van der Waals surface area contributed by atoms with E-state index in [0.717, 1.165) is 5.92 Å². The molecule has 3 rings (SSSR count). The van der Waals surface area contributed by atoms with Crippen molar-refractivity contribution in [2.75, 3.05) is 0 Å². The normalized spacial score (nSPS) is 25.7. The zero-order chi connectivity index (χ0) is 8.67. The first-order chi connectivity index (χ1) is 6.43. The van der Waals surface area contributed by atoms with Crippen LogP contribution in [-0.2, 0) is 0 Å². The van der Waals surface area contributed by atoms with Crippen molar-refractivity contribution in [2.45, 2.75) is 25.7 Å². The van der Waals surface area contributed by atoms with E-state index in [4.69, 9.17) is 0 Å². The highest BCUT2D eigenvalue weighted by Gasteiger charge is 2.30. The van der Waals surface area contributed by atoms with Crippen molar-refractivity contribution in [3.63, 3.8) is 0 Å². The van der Waals surface area contributed by atoms with Crippen LogP contribution in [0, 0.1) is 12.0 Å². The minimum absolute atomic E-state index is 0.981. The van der Waals surface area contributed by atoms with Crippen LogP contribution < -0.4 is 0 Å². The van der Waals surface area contributed by atoms with Gasteiger partial charge >= 0.3 is 0 Å². The lowest BCUT2D eigenvalue weighted by Crippen LogP contribution is -1.93. The van der Waals surface area contributed by atoms with Crippen LogP contribution in [-0.4, -0.2) is 0 Å². The largest absolute Gasteiger partial charge is 0.0661 e. The van der Waals surface area contributed by atoms with E-state index >= 15 is 0 Å². The molecule has 0 aliphatic heterocycles. The summed E-state index contributed by atoms with van der Waals surface area (Å²) in [6.45, 7) is 0. The molecule has 0 aromatic heterocycles. The van der Waals surface area contributed by atoms with Crippen LogP contribution in [0.4, 0.5) is 0 Å². The highest BCUT2D eigenvalue weighted by atomic mass is 14.3. The molecule has 0 nitrogen and oxygen atoms in total. The van der Waals surface area contributed by atoms with Gasteiger partial charge in [0.1, 0.15) is 0 Å². The quantitative estimate of drug-likeness (QED) is 0.604. The van der Waals surface area contributed by atoms with Gasteiger partial charge in [-0.3, -0.25) is 0 Å². The van der Waals surface area contributed by atoms with Gasteiger partial charge in [-0.1, -0.05) is 29.8 Å². The molecule has 2 aliphatic rings. The fraction of sp³-hybridized carbons (Fsp3) is 0.385. The van der Waals surface area contributed by atoms with Crippen molar-refractivity contribution >= 4 is 5.57 Å². The van der Waals surface area contributed by atoms with E-state index in [1.807, 2.05) is 12.1 Å². The van der Waals surface area contributed by atoms with E-state index in [0.29, 0.717) is 0 Å². The van der Waals surface area contributed by atoms with Crippen LogP contribution in [0.3, 0.4) is 0 Å². The number of hydrogen-bond acceptors (Lipinski definition) is 0. The Balaban J connectivity index is 2.03. The maximum absolute atomic E-state index is 3.08. The third-order valence-corrected chi connectivity index (χ3v) is 3.38. The first-order valence-electron chi connectivity index (χ1n) is 5.11. The number of hydrogen-bond donors (Lipinski definition) is 0. The van der Waals surface area contributed by atoms with E-state index in [1.165, 1.54) is 31.2 Å². The van der Waals surface area contributed by atoms with Crippen molar-refractivity contribution < 1.29 is 0 Å². The van der Waals surface area contributed by atoms with E-state index in [1.54, 1.807) is 11.1 Å². The average molecular weight is 169 g/mol. The molecule has 0 spiro atoms. The molecule has 13 heavy (non-hydrogen) atoms. The molecule has 1 aromatic carbocycles. The Morgan fingerprint density at radius 3 is 2.62 bits per heavy atom. The zero-order valence-electron chi connectivity index (χ0n) is 7.72. The van der Waals surface area contributed by atoms with Crippen LogP contribution in [0.2, 0.25) is 0 Å². The summed E-state index contributed by atoms with van der Waals surface area (Å²) >= 11 is 0. The summed E-state index contributed by atoms with van der Waals surface area (Å²) in [5, 5.41) is 0. The summed E-state index contributed by atoms with van der Waals surface area (Å²) in [5.41, 5.74) is 4.82. The van der Waals surface area contributed by atoms with Gasteiger partial charge < -0.3 is 0 Å². The topological polar surface area (TPSA) is 0 Å². The van der Waals surface area contributed by atoms with E-state index in [2.05, 4.69) is 18.2 Å². The average Bonchev–Trinajstić information content (AvgIpc) is 2.80. The molecule has 1 aromatic rings. The second-order valence-corrected chi connectivity index (χ2v) is 4.18. The van der Waals surface area contributed by atoms with Crippen LogP contribution >= 0.6 is 0 Å². The third-order valence-electron chi connectivity index (χ3n) is 3.38. The predicted octanol–water partition coefficient (Wildman–Crippen LogP) is 3.44. The number of benzene rings is 1. The lowest BCUT2D eigenvalue weighted by molar-refractivity contribution is 0.582. The van der Waals surface area contributed by atoms with Crippen LogP contribution in [0.1, 0.15) is 31.2 Å². The van der Waals surface area contributed by atoms with Gasteiger partial charge in [0.05, 0.1) is 0 Å². The lowest BCUT2D eigenvalue weighted by atomic mass is 9.94. The maximum atomic E-state index is 3.08. The molecule has 1 fully saturated rings. The van der Waals surface area contributed by atoms with E-state index in [9.17, 15) is 0 Å². The molecule has 1 radical (unpaired) electrons. The molecule has 0 N–H and O–H groups in total. The van der Waals surface area contributed by atoms with Crippen LogP contribution in [0.5, 0.6) is 0 Å². The van der Waals surface area contributed by atoms with Crippen molar-refractivity contribution in [1.29, 1.82) is 0 Å². The van der Waals surface area contributed by atoms with Gasteiger partial charge in [-0.25, -0.2) is 0 Å². The highest BCUT2D eigenvalue weighted by Crippen LogP contribution is 2.47. The summed E-state index contributed by atoms with van der Waals surface area (Å²) in [6, 6.07) is 11.5. The monoisotopic (exact) mass is 169 g/mol. The summed E-state index contributed by atoms with van der Waals surface area (Å²) in [5.74, 6) is 0.981. The van der Waals surface area contributed by atoms with Crippen LogP contribution in [0.15, 0.2) is 29.8 Å². The van der Waals surface area contributed by atoms with E-state index < -0.39 is 0 Å². The van der Waals surface area contributed by atoms with Gasteiger partial charge in [-0.05, 0) is 48.8 Å². The van der Waals surface area contributed by atoms with Crippen molar-refractivity contribution in [3.05, 3.63) is 41.5 Å². The second-order valence-electron chi connectivity index (χ2n) is 4.18. The summed E-state index contributed by atoms with van der Waals surface area (Å²) in [7, 11) is 0. The smallest absolute Gasteiger partial charge is 0.0184 e. The Hall–Kier alpha value is -1.04. The lowest BCUT2D eigenvalue weighted by Gasteiger charge is -2.11.